The SMILES string of the molecule is O=c1[nH]c2ccccc2c(=O)n1-c1ccccc1Cc1ccccc1. The highest BCUT2D eigenvalue weighted by Gasteiger charge is 2.12. The van der Waals surface area contributed by atoms with Gasteiger partial charge in [0.1, 0.15) is 0 Å². The minimum atomic E-state index is -0.427. The van der Waals surface area contributed by atoms with Crippen LogP contribution in [0, 0.1) is 0 Å². The molecule has 0 aliphatic heterocycles. The zero-order chi connectivity index (χ0) is 17.2. The molecule has 25 heavy (non-hydrogen) atoms. The number of benzene rings is 3. The van der Waals surface area contributed by atoms with Crippen LogP contribution in [0.2, 0.25) is 0 Å². The lowest BCUT2D eigenvalue weighted by atomic mass is 10.0. The number of aromatic amines is 1. The number of aromatic nitrogens is 2. The molecule has 0 radical (unpaired) electrons. The van der Waals surface area contributed by atoms with Crippen molar-refractivity contribution in [1.29, 1.82) is 0 Å². The van der Waals surface area contributed by atoms with Crippen molar-refractivity contribution in [2.45, 2.75) is 6.42 Å². The molecule has 0 fully saturated rings. The Hall–Kier alpha value is -3.40. The average Bonchev–Trinajstić information content (AvgIpc) is 2.64. The summed E-state index contributed by atoms with van der Waals surface area (Å²) in [5.41, 5.74) is 2.48. The molecule has 0 saturated carbocycles. The van der Waals surface area contributed by atoms with Crippen molar-refractivity contribution in [3.05, 3.63) is 111 Å². The minimum absolute atomic E-state index is 0.306. The fourth-order valence-electron chi connectivity index (χ4n) is 3.08. The van der Waals surface area contributed by atoms with Crippen LogP contribution in [-0.2, 0) is 6.42 Å². The molecule has 122 valence electrons. The maximum atomic E-state index is 12.9. The summed E-state index contributed by atoms with van der Waals surface area (Å²) >= 11 is 0. The summed E-state index contributed by atoms with van der Waals surface area (Å²) in [5, 5.41) is 0.497. The van der Waals surface area contributed by atoms with Gasteiger partial charge in [0.2, 0.25) is 0 Å². The van der Waals surface area contributed by atoms with Gasteiger partial charge >= 0.3 is 5.69 Å². The van der Waals surface area contributed by atoms with Crippen LogP contribution in [-0.4, -0.2) is 9.55 Å². The molecule has 0 saturated heterocycles. The summed E-state index contributed by atoms with van der Waals surface area (Å²) in [6, 6.07) is 24.6. The maximum Gasteiger partial charge on any atom is 0.333 e. The molecular formula is C21H16N2O2. The van der Waals surface area contributed by atoms with Crippen LogP contribution in [0.25, 0.3) is 16.6 Å². The quantitative estimate of drug-likeness (QED) is 0.627. The molecule has 1 N–H and O–H groups in total. The van der Waals surface area contributed by atoms with E-state index in [0.717, 1.165) is 11.1 Å². The Morgan fingerprint density at radius 3 is 2.28 bits per heavy atom. The molecule has 0 amide bonds. The van der Waals surface area contributed by atoms with Gasteiger partial charge in [-0.05, 0) is 35.7 Å². The van der Waals surface area contributed by atoms with E-state index in [4.69, 9.17) is 0 Å². The van der Waals surface area contributed by atoms with Gasteiger partial charge in [-0.1, -0.05) is 60.7 Å². The lowest BCUT2D eigenvalue weighted by Crippen LogP contribution is -2.34. The van der Waals surface area contributed by atoms with E-state index in [1.165, 1.54) is 4.57 Å². The van der Waals surface area contributed by atoms with Gasteiger partial charge in [0.15, 0.2) is 0 Å². The zero-order valence-corrected chi connectivity index (χ0v) is 13.5. The summed E-state index contributed by atoms with van der Waals surface area (Å²) in [6.07, 6.45) is 0.649. The van der Waals surface area contributed by atoms with E-state index >= 15 is 0 Å². The third kappa shape index (κ3) is 2.78. The molecule has 0 bridgehead atoms. The van der Waals surface area contributed by atoms with Crippen molar-refractivity contribution in [2.75, 3.05) is 0 Å². The Kier molecular flexibility index (Phi) is 3.78. The fraction of sp³-hybridized carbons (Fsp3) is 0.0476. The lowest BCUT2D eigenvalue weighted by molar-refractivity contribution is 0.886. The molecule has 3 aromatic carbocycles. The third-order valence-electron chi connectivity index (χ3n) is 4.28. The summed E-state index contributed by atoms with van der Waals surface area (Å²) in [7, 11) is 0. The molecule has 4 aromatic rings. The van der Waals surface area contributed by atoms with E-state index in [2.05, 4.69) is 4.98 Å². The number of H-pyrrole nitrogens is 1. The molecule has 0 spiro atoms. The third-order valence-corrected chi connectivity index (χ3v) is 4.28. The lowest BCUT2D eigenvalue weighted by Gasteiger charge is -2.12. The monoisotopic (exact) mass is 328 g/mol. The van der Waals surface area contributed by atoms with Gasteiger partial charge in [-0.3, -0.25) is 4.79 Å². The number of hydrogen-bond acceptors (Lipinski definition) is 2. The van der Waals surface area contributed by atoms with Gasteiger partial charge < -0.3 is 4.98 Å². The first-order valence-electron chi connectivity index (χ1n) is 8.10. The van der Waals surface area contributed by atoms with Gasteiger partial charge in [-0.15, -0.1) is 0 Å². The van der Waals surface area contributed by atoms with Crippen LogP contribution in [0.1, 0.15) is 11.1 Å². The summed E-state index contributed by atoms with van der Waals surface area (Å²) in [4.78, 5) is 28.3. The molecule has 4 heteroatoms. The number of nitrogens with zero attached hydrogens (tertiary/aromatic N) is 1. The Balaban J connectivity index is 1.93. The van der Waals surface area contributed by atoms with Crippen LogP contribution < -0.4 is 11.2 Å². The molecule has 1 heterocycles. The van der Waals surface area contributed by atoms with Gasteiger partial charge in [0, 0.05) is 0 Å². The largest absolute Gasteiger partial charge is 0.333 e. The highest BCUT2D eigenvalue weighted by Crippen LogP contribution is 2.17. The highest BCUT2D eigenvalue weighted by atomic mass is 16.2. The maximum absolute atomic E-state index is 12.9. The Bertz CT molecular complexity index is 1160. The zero-order valence-electron chi connectivity index (χ0n) is 13.5. The Labute approximate surface area is 144 Å². The second kappa shape index (κ2) is 6.24. The molecule has 4 nitrogen and oxygen atoms in total. The second-order valence-corrected chi connectivity index (χ2v) is 5.91. The molecular weight excluding hydrogens is 312 g/mol. The molecule has 0 aliphatic carbocycles. The highest BCUT2D eigenvalue weighted by molar-refractivity contribution is 5.77. The van der Waals surface area contributed by atoms with E-state index in [-0.39, 0.29) is 5.56 Å². The Morgan fingerprint density at radius 1 is 0.760 bits per heavy atom. The first kappa shape index (κ1) is 15.1. The first-order valence-corrected chi connectivity index (χ1v) is 8.10. The van der Waals surface area contributed by atoms with Crippen molar-refractivity contribution in [2.24, 2.45) is 0 Å². The Morgan fingerprint density at radius 2 is 1.44 bits per heavy atom. The summed E-state index contributed by atoms with van der Waals surface area (Å²) in [5.74, 6) is 0. The number of hydrogen-bond donors (Lipinski definition) is 1. The molecule has 0 atom stereocenters. The predicted molar refractivity (Wildman–Crippen MR) is 99.4 cm³/mol. The number of rotatable bonds is 3. The van der Waals surface area contributed by atoms with Crippen LogP contribution in [0.15, 0.2) is 88.5 Å². The standard InChI is InChI=1S/C21H16N2O2/c24-20-17-11-5-6-12-18(17)22-21(25)23(20)19-13-7-4-10-16(19)14-15-8-2-1-3-9-15/h1-13H,14H2,(H,22,25). The van der Waals surface area contributed by atoms with Crippen molar-refractivity contribution < 1.29 is 0 Å². The fourth-order valence-corrected chi connectivity index (χ4v) is 3.08. The van der Waals surface area contributed by atoms with E-state index in [0.29, 0.717) is 23.0 Å². The molecule has 0 unspecified atom stereocenters. The number of nitrogens with one attached hydrogen (secondary N) is 1. The van der Waals surface area contributed by atoms with E-state index < -0.39 is 5.69 Å². The topological polar surface area (TPSA) is 54.9 Å². The normalized spacial score (nSPS) is 10.9. The van der Waals surface area contributed by atoms with Gasteiger partial charge in [-0.2, -0.15) is 0 Å². The summed E-state index contributed by atoms with van der Waals surface area (Å²) < 4.78 is 1.22. The number of fused-ring (bicyclic) bond motifs is 1. The molecule has 4 rings (SSSR count). The van der Waals surface area contributed by atoms with Crippen molar-refractivity contribution in [3.8, 4) is 5.69 Å². The molecule has 0 aliphatic rings. The van der Waals surface area contributed by atoms with E-state index in [1.807, 2.05) is 54.6 Å². The van der Waals surface area contributed by atoms with Gasteiger partial charge in [0.25, 0.3) is 5.56 Å². The average molecular weight is 328 g/mol. The van der Waals surface area contributed by atoms with E-state index in [1.54, 1.807) is 24.3 Å². The first-order chi connectivity index (χ1) is 12.2. The van der Waals surface area contributed by atoms with Crippen molar-refractivity contribution in [3.63, 3.8) is 0 Å². The number of para-hydroxylation sites is 2. The van der Waals surface area contributed by atoms with Gasteiger partial charge in [-0.25, -0.2) is 9.36 Å². The minimum Gasteiger partial charge on any atom is -0.306 e. The van der Waals surface area contributed by atoms with E-state index in [9.17, 15) is 9.59 Å². The van der Waals surface area contributed by atoms with Crippen molar-refractivity contribution >= 4 is 10.9 Å². The van der Waals surface area contributed by atoms with Crippen molar-refractivity contribution in [1.82, 2.24) is 9.55 Å². The smallest absolute Gasteiger partial charge is 0.306 e. The van der Waals surface area contributed by atoms with Crippen LogP contribution in [0.4, 0.5) is 0 Å². The van der Waals surface area contributed by atoms with Crippen LogP contribution in [0.5, 0.6) is 0 Å². The van der Waals surface area contributed by atoms with Crippen LogP contribution in [0.3, 0.4) is 0 Å². The van der Waals surface area contributed by atoms with Gasteiger partial charge in [0.05, 0.1) is 16.6 Å². The molecule has 1 aromatic heterocycles. The predicted octanol–water partition coefficient (Wildman–Crippen LogP) is 3.27. The second-order valence-electron chi connectivity index (χ2n) is 5.91. The summed E-state index contributed by atoms with van der Waals surface area (Å²) in [6.45, 7) is 0. The van der Waals surface area contributed by atoms with Crippen LogP contribution >= 0.6 is 0 Å².